The third-order valence-corrected chi connectivity index (χ3v) is 5.83. The number of carbonyl (C=O) groups excluding carboxylic acids is 1. The first-order valence-electron chi connectivity index (χ1n) is 8.34. The lowest BCUT2D eigenvalue weighted by Gasteiger charge is -2.30. The average molecular weight is 391 g/mol. The number of rotatable bonds is 4. The molecule has 2 aromatic rings. The zero-order valence-electron chi connectivity index (χ0n) is 14.0. The van der Waals surface area contributed by atoms with Crippen LogP contribution >= 0.6 is 23.4 Å². The number of urea groups is 1. The Morgan fingerprint density at radius 1 is 1.08 bits per heavy atom. The largest absolute Gasteiger partial charge is 0.481 e. The van der Waals surface area contributed by atoms with E-state index in [-0.39, 0.29) is 11.9 Å². The second-order valence-corrected chi connectivity index (χ2v) is 7.61. The number of benzene rings is 2. The molecule has 3 rings (SSSR count). The molecule has 0 spiro atoms. The Balaban J connectivity index is 1.55. The molecule has 0 aliphatic carbocycles. The number of piperidine rings is 1. The SMILES string of the molecule is O=C(O)C1CCN(C(=O)Nc2ccc(Sc3ccccc3Cl)cc2)CC1. The number of halogens is 1. The highest BCUT2D eigenvalue weighted by Crippen LogP contribution is 2.33. The van der Waals surface area contributed by atoms with Gasteiger partial charge in [0.2, 0.25) is 0 Å². The predicted molar refractivity (Wildman–Crippen MR) is 103 cm³/mol. The molecule has 2 N–H and O–H groups in total. The van der Waals surface area contributed by atoms with E-state index in [2.05, 4.69) is 5.32 Å². The highest BCUT2D eigenvalue weighted by atomic mass is 35.5. The van der Waals surface area contributed by atoms with Gasteiger partial charge in [-0.2, -0.15) is 0 Å². The number of hydrogen-bond acceptors (Lipinski definition) is 3. The molecule has 0 radical (unpaired) electrons. The monoisotopic (exact) mass is 390 g/mol. The molecule has 0 atom stereocenters. The number of likely N-dealkylation sites (tertiary alicyclic amines) is 1. The molecular formula is C19H19ClN2O3S. The summed E-state index contributed by atoms with van der Waals surface area (Å²) in [7, 11) is 0. The summed E-state index contributed by atoms with van der Waals surface area (Å²) in [6, 6.07) is 15.0. The van der Waals surface area contributed by atoms with Crippen LogP contribution in [0.25, 0.3) is 0 Å². The van der Waals surface area contributed by atoms with Crippen molar-refractivity contribution in [2.45, 2.75) is 22.6 Å². The molecule has 1 saturated heterocycles. The summed E-state index contributed by atoms with van der Waals surface area (Å²) >= 11 is 7.73. The zero-order chi connectivity index (χ0) is 18.5. The molecule has 1 aliphatic heterocycles. The predicted octanol–water partition coefficient (Wildman–Crippen LogP) is 4.82. The number of carbonyl (C=O) groups is 2. The highest BCUT2D eigenvalue weighted by Gasteiger charge is 2.26. The summed E-state index contributed by atoms with van der Waals surface area (Å²) in [5.41, 5.74) is 0.707. The number of nitrogens with one attached hydrogen (secondary N) is 1. The second-order valence-electron chi connectivity index (χ2n) is 6.09. The fourth-order valence-electron chi connectivity index (χ4n) is 2.79. The Hall–Kier alpha value is -2.18. The van der Waals surface area contributed by atoms with Crippen LogP contribution in [0, 0.1) is 5.92 Å². The highest BCUT2D eigenvalue weighted by molar-refractivity contribution is 7.99. The second kappa shape index (κ2) is 8.47. The third-order valence-electron chi connectivity index (χ3n) is 4.30. The first kappa shape index (κ1) is 18.6. The van der Waals surface area contributed by atoms with Crippen molar-refractivity contribution >= 4 is 41.1 Å². The van der Waals surface area contributed by atoms with Crippen molar-refractivity contribution < 1.29 is 14.7 Å². The minimum Gasteiger partial charge on any atom is -0.481 e. The van der Waals surface area contributed by atoms with E-state index in [1.807, 2.05) is 48.5 Å². The van der Waals surface area contributed by atoms with Gasteiger partial charge < -0.3 is 15.3 Å². The van der Waals surface area contributed by atoms with E-state index in [0.29, 0.717) is 36.6 Å². The Morgan fingerprint density at radius 3 is 2.35 bits per heavy atom. The molecule has 0 unspecified atom stereocenters. The van der Waals surface area contributed by atoms with Gasteiger partial charge in [0.25, 0.3) is 0 Å². The first-order valence-corrected chi connectivity index (χ1v) is 9.53. The quantitative estimate of drug-likeness (QED) is 0.785. The van der Waals surface area contributed by atoms with Crippen LogP contribution in [-0.4, -0.2) is 35.1 Å². The number of aliphatic carboxylic acids is 1. The van der Waals surface area contributed by atoms with Gasteiger partial charge in [-0.05, 0) is 49.2 Å². The Labute approximate surface area is 161 Å². The molecule has 0 aromatic heterocycles. The van der Waals surface area contributed by atoms with Crippen LogP contribution in [-0.2, 0) is 4.79 Å². The molecule has 1 aliphatic rings. The lowest BCUT2D eigenvalue weighted by molar-refractivity contribution is -0.143. The molecule has 2 amide bonds. The van der Waals surface area contributed by atoms with Crippen molar-refractivity contribution in [2.75, 3.05) is 18.4 Å². The van der Waals surface area contributed by atoms with Gasteiger partial charge in [-0.25, -0.2) is 4.79 Å². The summed E-state index contributed by atoms with van der Waals surface area (Å²) in [5, 5.41) is 12.6. The van der Waals surface area contributed by atoms with Gasteiger partial charge in [-0.1, -0.05) is 35.5 Å². The van der Waals surface area contributed by atoms with Crippen LogP contribution in [0.5, 0.6) is 0 Å². The molecule has 7 heteroatoms. The van der Waals surface area contributed by atoms with Crippen molar-refractivity contribution in [3.63, 3.8) is 0 Å². The van der Waals surface area contributed by atoms with Crippen LogP contribution in [0.2, 0.25) is 5.02 Å². The molecule has 1 heterocycles. The van der Waals surface area contributed by atoms with Crippen LogP contribution in [0.15, 0.2) is 58.3 Å². The average Bonchev–Trinajstić information content (AvgIpc) is 2.65. The van der Waals surface area contributed by atoms with Crippen LogP contribution < -0.4 is 5.32 Å². The van der Waals surface area contributed by atoms with E-state index in [1.165, 1.54) is 0 Å². The lowest BCUT2D eigenvalue weighted by atomic mass is 9.97. The van der Waals surface area contributed by atoms with Gasteiger partial charge in [-0.15, -0.1) is 0 Å². The number of anilines is 1. The number of nitrogens with zero attached hydrogens (tertiary/aromatic N) is 1. The number of amides is 2. The van der Waals surface area contributed by atoms with E-state index in [4.69, 9.17) is 16.7 Å². The number of carboxylic acids is 1. The Bertz CT molecular complexity index is 790. The minimum atomic E-state index is -0.781. The number of carboxylic acid groups (broad SMARTS) is 1. The van der Waals surface area contributed by atoms with Crippen molar-refractivity contribution in [3.05, 3.63) is 53.6 Å². The van der Waals surface area contributed by atoms with E-state index in [9.17, 15) is 9.59 Å². The Morgan fingerprint density at radius 2 is 1.73 bits per heavy atom. The van der Waals surface area contributed by atoms with E-state index in [1.54, 1.807) is 16.7 Å². The van der Waals surface area contributed by atoms with Gasteiger partial charge in [0.05, 0.1) is 10.9 Å². The fraction of sp³-hybridized carbons (Fsp3) is 0.263. The molecular weight excluding hydrogens is 372 g/mol. The Kier molecular flexibility index (Phi) is 6.06. The molecule has 0 saturated carbocycles. The maximum absolute atomic E-state index is 12.3. The number of hydrogen-bond donors (Lipinski definition) is 2. The molecule has 0 bridgehead atoms. The van der Waals surface area contributed by atoms with Gasteiger partial charge in [0.1, 0.15) is 0 Å². The summed E-state index contributed by atoms with van der Waals surface area (Å²) in [5.74, 6) is -1.13. The molecule has 1 fully saturated rings. The normalized spacial score (nSPS) is 14.9. The van der Waals surface area contributed by atoms with Gasteiger partial charge in [0, 0.05) is 28.6 Å². The topological polar surface area (TPSA) is 69.6 Å². The molecule has 26 heavy (non-hydrogen) atoms. The van der Waals surface area contributed by atoms with Crippen molar-refractivity contribution in [2.24, 2.45) is 5.92 Å². The van der Waals surface area contributed by atoms with Gasteiger partial charge in [-0.3, -0.25) is 4.79 Å². The van der Waals surface area contributed by atoms with Gasteiger partial charge in [0.15, 0.2) is 0 Å². The van der Waals surface area contributed by atoms with E-state index >= 15 is 0 Å². The van der Waals surface area contributed by atoms with Crippen LogP contribution in [0.1, 0.15) is 12.8 Å². The summed E-state index contributed by atoms with van der Waals surface area (Å²) in [4.78, 5) is 26.9. The summed E-state index contributed by atoms with van der Waals surface area (Å²) in [6.07, 6.45) is 0.992. The third kappa shape index (κ3) is 4.71. The standard InChI is InChI=1S/C19H19ClN2O3S/c20-16-3-1-2-4-17(16)26-15-7-5-14(6-8-15)21-19(25)22-11-9-13(10-12-22)18(23)24/h1-8,13H,9-12H2,(H,21,25)(H,23,24). The fourth-order valence-corrected chi connectivity index (χ4v) is 3.88. The van der Waals surface area contributed by atoms with Gasteiger partial charge >= 0.3 is 12.0 Å². The molecule has 5 nitrogen and oxygen atoms in total. The summed E-state index contributed by atoms with van der Waals surface area (Å²) in [6.45, 7) is 0.923. The lowest BCUT2D eigenvalue weighted by Crippen LogP contribution is -2.42. The van der Waals surface area contributed by atoms with E-state index < -0.39 is 5.97 Å². The summed E-state index contributed by atoms with van der Waals surface area (Å²) < 4.78 is 0. The molecule has 136 valence electrons. The first-order chi connectivity index (χ1) is 12.5. The van der Waals surface area contributed by atoms with Crippen LogP contribution in [0.4, 0.5) is 10.5 Å². The maximum atomic E-state index is 12.3. The van der Waals surface area contributed by atoms with Crippen molar-refractivity contribution in [1.82, 2.24) is 4.90 Å². The molecule has 2 aromatic carbocycles. The van der Waals surface area contributed by atoms with Crippen LogP contribution in [0.3, 0.4) is 0 Å². The zero-order valence-corrected chi connectivity index (χ0v) is 15.6. The maximum Gasteiger partial charge on any atom is 0.321 e. The van der Waals surface area contributed by atoms with Crippen molar-refractivity contribution in [1.29, 1.82) is 0 Å². The minimum absolute atomic E-state index is 0.194. The van der Waals surface area contributed by atoms with E-state index in [0.717, 1.165) is 9.79 Å². The smallest absolute Gasteiger partial charge is 0.321 e. The van der Waals surface area contributed by atoms with Crippen molar-refractivity contribution in [3.8, 4) is 0 Å².